The molecule has 2 N–H and O–H groups in total. The first-order valence-corrected chi connectivity index (χ1v) is 7.27. The second-order valence-electron chi connectivity index (χ2n) is 5.35. The van der Waals surface area contributed by atoms with Crippen molar-refractivity contribution in [2.75, 3.05) is 33.9 Å². The number of hydrogen-bond donors (Lipinski definition) is 2. The third-order valence-corrected chi connectivity index (χ3v) is 4.07. The lowest BCUT2D eigenvalue weighted by molar-refractivity contribution is -0.144. The van der Waals surface area contributed by atoms with Crippen molar-refractivity contribution < 1.29 is 24.5 Å². The molecule has 22 heavy (non-hydrogen) atoms. The van der Waals surface area contributed by atoms with Gasteiger partial charge in [-0.25, -0.2) is 0 Å². The molecule has 1 fully saturated rings. The molecule has 0 saturated carbocycles. The maximum absolute atomic E-state index is 11.8. The first kappa shape index (κ1) is 16.5. The standard InChI is InChI=1S/C15H22N2O5/c1-21-12-4-3-11(14(16-12)22-2)13(15(19)20)17-7-5-10(9-18)6-8-17/h3-4,10,13,18H,5-9H2,1-2H3,(H,19,20)/t13-/m0/s1. The molecule has 0 aliphatic carbocycles. The third-order valence-electron chi connectivity index (χ3n) is 4.07. The molecule has 0 radical (unpaired) electrons. The fourth-order valence-electron chi connectivity index (χ4n) is 2.80. The summed E-state index contributed by atoms with van der Waals surface area (Å²) in [5, 5.41) is 18.8. The molecule has 7 heteroatoms. The molecule has 7 nitrogen and oxygen atoms in total. The number of pyridine rings is 1. The van der Waals surface area contributed by atoms with Crippen LogP contribution in [0.5, 0.6) is 11.8 Å². The van der Waals surface area contributed by atoms with Crippen LogP contribution < -0.4 is 9.47 Å². The molecule has 0 spiro atoms. The highest BCUT2D eigenvalue weighted by Gasteiger charge is 2.33. The second-order valence-corrected chi connectivity index (χ2v) is 5.35. The van der Waals surface area contributed by atoms with Gasteiger partial charge in [0.1, 0.15) is 6.04 Å². The fourth-order valence-corrected chi connectivity index (χ4v) is 2.80. The number of carbonyl (C=O) groups is 1. The molecule has 0 amide bonds. The Morgan fingerprint density at radius 2 is 2.05 bits per heavy atom. The molecule has 0 bridgehead atoms. The van der Waals surface area contributed by atoms with E-state index in [2.05, 4.69) is 4.98 Å². The van der Waals surface area contributed by atoms with E-state index < -0.39 is 12.0 Å². The van der Waals surface area contributed by atoms with Crippen molar-refractivity contribution in [3.8, 4) is 11.8 Å². The van der Waals surface area contributed by atoms with Crippen LogP contribution in [0.2, 0.25) is 0 Å². The Hall–Kier alpha value is -1.86. The van der Waals surface area contributed by atoms with Crippen LogP contribution in [-0.2, 0) is 4.79 Å². The first-order valence-electron chi connectivity index (χ1n) is 7.27. The normalized spacial score (nSPS) is 18.0. The Balaban J connectivity index is 2.27. The Morgan fingerprint density at radius 3 is 2.55 bits per heavy atom. The predicted octanol–water partition coefficient (Wildman–Crippen LogP) is 0.929. The lowest BCUT2D eigenvalue weighted by Crippen LogP contribution is -2.41. The highest BCUT2D eigenvalue weighted by molar-refractivity contribution is 5.76. The molecule has 2 heterocycles. The number of likely N-dealkylation sites (tertiary alicyclic amines) is 1. The summed E-state index contributed by atoms with van der Waals surface area (Å²) < 4.78 is 10.3. The van der Waals surface area contributed by atoms with Crippen molar-refractivity contribution >= 4 is 5.97 Å². The van der Waals surface area contributed by atoms with Gasteiger partial charge in [0.2, 0.25) is 11.8 Å². The van der Waals surface area contributed by atoms with Gasteiger partial charge in [-0.1, -0.05) is 0 Å². The molecular weight excluding hydrogens is 288 g/mol. The largest absolute Gasteiger partial charge is 0.481 e. The molecule has 1 aromatic heterocycles. The number of piperidine rings is 1. The minimum atomic E-state index is -0.937. The number of aromatic nitrogens is 1. The van der Waals surface area contributed by atoms with Gasteiger partial charge in [-0.15, -0.1) is 0 Å². The first-order chi connectivity index (χ1) is 10.6. The molecule has 1 aromatic rings. The number of nitrogens with zero attached hydrogens (tertiary/aromatic N) is 2. The van der Waals surface area contributed by atoms with Gasteiger partial charge in [0, 0.05) is 18.2 Å². The number of carboxylic acids is 1. The Kier molecular flexibility index (Phi) is 5.57. The van der Waals surface area contributed by atoms with Crippen molar-refractivity contribution in [3.05, 3.63) is 17.7 Å². The van der Waals surface area contributed by atoms with Crippen LogP contribution in [0.15, 0.2) is 12.1 Å². The topological polar surface area (TPSA) is 92.1 Å². The predicted molar refractivity (Wildman–Crippen MR) is 79.1 cm³/mol. The molecule has 0 unspecified atom stereocenters. The minimum absolute atomic E-state index is 0.152. The number of methoxy groups -OCH3 is 2. The van der Waals surface area contributed by atoms with Crippen molar-refractivity contribution in [1.29, 1.82) is 0 Å². The number of hydrogen-bond acceptors (Lipinski definition) is 6. The third kappa shape index (κ3) is 3.48. The van der Waals surface area contributed by atoms with E-state index in [4.69, 9.17) is 9.47 Å². The van der Waals surface area contributed by atoms with Crippen molar-refractivity contribution in [1.82, 2.24) is 9.88 Å². The van der Waals surface area contributed by atoms with Crippen LogP contribution in [0.25, 0.3) is 0 Å². The van der Waals surface area contributed by atoms with E-state index in [-0.39, 0.29) is 18.4 Å². The van der Waals surface area contributed by atoms with Crippen LogP contribution in [0.1, 0.15) is 24.4 Å². The van der Waals surface area contributed by atoms with Gasteiger partial charge in [0.05, 0.1) is 14.2 Å². The summed E-state index contributed by atoms with van der Waals surface area (Å²) >= 11 is 0. The van der Waals surface area contributed by atoms with Gasteiger partial charge >= 0.3 is 5.97 Å². The monoisotopic (exact) mass is 310 g/mol. The van der Waals surface area contributed by atoms with Gasteiger partial charge in [-0.3, -0.25) is 9.69 Å². The molecule has 122 valence electrons. The highest BCUT2D eigenvalue weighted by atomic mass is 16.5. The molecule has 1 saturated heterocycles. The summed E-state index contributed by atoms with van der Waals surface area (Å²) in [4.78, 5) is 17.8. The molecule has 0 aromatic carbocycles. The van der Waals surface area contributed by atoms with Crippen LogP contribution in [0.3, 0.4) is 0 Å². The molecular formula is C15H22N2O5. The van der Waals surface area contributed by atoms with E-state index in [1.165, 1.54) is 14.2 Å². The zero-order valence-electron chi connectivity index (χ0n) is 12.9. The van der Waals surface area contributed by atoms with Crippen LogP contribution in [-0.4, -0.2) is 60.0 Å². The lowest BCUT2D eigenvalue weighted by Gasteiger charge is -2.35. The quantitative estimate of drug-likeness (QED) is 0.807. The lowest BCUT2D eigenvalue weighted by atomic mass is 9.95. The van der Waals surface area contributed by atoms with Gasteiger partial charge in [-0.05, 0) is 37.9 Å². The van der Waals surface area contributed by atoms with Gasteiger partial charge < -0.3 is 19.7 Å². The van der Waals surface area contributed by atoms with Gasteiger partial charge in [0.25, 0.3) is 0 Å². The van der Waals surface area contributed by atoms with E-state index in [9.17, 15) is 15.0 Å². The Labute approximate surface area is 129 Å². The molecule has 1 aliphatic rings. The van der Waals surface area contributed by atoms with Gasteiger partial charge in [-0.2, -0.15) is 4.98 Å². The summed E-state index contributed by atoms with van der Waals surface area (Å²) in [5.74, 6) is -0.0472. The number of aliphatic hydroxyl groups is 1. The minimum Gasteiger partial charge on any atom is -0.481 e. The van der Waals surface area contributed by atoms with Crippen molar-refractivity contribution in [2.24, 2.45) is 5.92 Å². The maximum Gasteiger partial charge on any atom is 0.325 e. The number of carboxylic acid groups (broad SMARTS) is 1. The number of ether oxygens (including phenoxy) is 2. The zero-order chi connectivity index (χ0) is 16.1. The maximum atomic E-state index is 11.8. The summed E-state index contributed by atoms with van der Waals surface area (Å²) in [6.07, 6.45) is 1.57. The Morgan fingerprint density at radius 1 is 1.36 bits per heavy atom. The smallest absolute Gasteiger partial charge is 0.325 e. The van der Waals surface area contributed by atoms with E-state index >= 15 is 0 Å². The second kappa shape index (κ2) is 7.42. The Bertz CT molecular complexity index is 515. The zero-order valence-corrected chi connectivity index (χ0v) is 12.9. The highest BCUT2D eigenvalue weighted by Crippen LogP contribution is 2.32. The average molecular weight is 310 g/mol. The summed E-state index contributed by atoms with van der Waals surface area (Å²) in [7, 11) is 2.96. The molecule has 1 aliphatic heterocycles. The summed E-state index contributed by atoms with van der Waals surface area (Å²) in [6, 6.07) is 2.50. The summed E-state index contributed by atoms with van der Waals surface area (Å²) in [5.41, 5.74) is 0.512. The van der Waals surface area contributed by atoms with Crippen LogP contribution >= 0.6 is 0 Å². The van der Waals surface area contributed by atoms with E-state index in [0.717, 1.165) is 12.8 Å². The fraction of sp³-hybridized carbons (Fsp3) is 0.600. The van der Waals surface area contributed by atoms with Crippen LogP contribution in [0.4, 0.5) is 0 Å². The van der Waals surface area contributed by atoms with Gasteiger partial charge in [0.15, 0.2) is 0 Å². The van der Waals surface area contributed by atoms with Crippen LogP contribution in [0, 0.1) is 5.92 Å². The number of aliphatic carboxylic acids is 1. The van der Waals surface area contributed by atoms with E-state index in [0.29, 0.717) is 24.5 Å². The molecule has 1 atom stereocenters. The van der Waals surface area contributed by atoms with Crippen molar-refractivity contribution in [2.45, 2.75) is 18.9 Å². The van der Waals surface area contributed by atoms with E-state index in [1.807, 2.05) is 4.90 Å². The van der Waals surface area contributed by atoms with Crippen molar-refractivity contribution in [3.63, 3.8) is 0 Å². The SMILES string of the molecule is COc1ccc([C@@H](C(=O)O)N2CCC(CO)CC2)c(OC)n1. The van der Waals surface area contributed by atoms with E-state index in [1.54, 1.807) is 12.1 Å². The number of aliphatic hydroxyl groups excluding tert-OH is 1. The summed E-state index contributed by atoms with van der Waals surface area (Å²) in [6.45, 7) is 1.40. The molecule has 2 rings (SSSR count). The average Bonchev–Trinajstić information content (AvgIpc) is 2.55. The number of rotatable bonds is 6.